The highest BCUT2D eigenvalue weighted by Gasteiger charge is 2.13. The van der Waals surface area contributed by atoms with Crippen LogP contribution in [-0.4, -0.2) is 30.5 Å². The Morgan fingerprint density at radius 3 is 2.41 bits per heavy atom. The number of rotatable bonds is 8. The molecule has 34 heavy (non-hydrogen) atoms. The molecule has 3 aromatic rings. The normalized spacial score (nSPS) is 11.5. The van der Waals surface area contributed by atoms with E-state index < -0.39 is 11.8 Å². The number of ether oxygens (including phenoxy) is 1. The summed E-state index contributed by atoms with van der Waals surface area (Å²) in [6, 6.07) is 23.2. The SMILES string of the molecule is CC(NC(=O)COc1ccc(C=NNC(=O)C(=O)Nc2cccc(Br)c2)cc1)c1ccccc1. The maximum atomic E-state index is 12.1. The van der Waals surface area contributed by atoms with E-state index in [2.05, 4.69) is 37.1 Å². The molecular formula is C25H23BrN4O4. The molecule has 3 amide bonds. The van der Waals surface area contributed by atoms with Crippen LogP contribution < -0.4 is 20.8 Å². The molecule has 1 atom stereocenters. The lowest BCUT2D eigenvalue weighted by Gasteiger charge is -2.14. The molecule has 3 aromatic carbocycles. The van der Waals surface area contributed by atoms with Gasteiger partial charge in [-0.15, -0.1) is 0 Å². The largest absolute Gasteiger partial charge is 0.484 e. The van der Waals surface area contributed by atoms with Gasteiger partial charge < -0.3 is 15.4 Å². The molecule has 0 spiro atoms. The van der Waals surface area contributed by atoms with Crippen molar-refractivity contribution in [2.75, 3.05) is 11.9 Å². The molecule has 0 bridgehead atoms. The number of carbonyl (C=O) groups excluding carboxylic acids is 3. The van der Waals surface area contributed by atoms with Gasteiger partial charge in [-0.2, -0.15) is 5.10 Å². The number of benzene rings is 3. The van der Waals surface area contributed by atoms with E-state index >= 15 is 0 Å². The molecule has 3 rings (SSSR count). The predicted octanol–water partition coefficient (Wildman–Crippen LogP) is 3.79. The first-order chi connectivity index (χ1) is 16.4. The number of carbonyl (C=O) groups is 3. The molecule has 1 unspecified atom stereocenters. The van der Waals surface area contributed by atoms with Gasteiger partial charge in [0.1, 0.15) is 5.75 Å². The van der Waals surface area contributed by atoms with Gasteiger partial charge in [-0.3, -0.25) is 14.4 Å². The van der Waals surface area contributed by atoms with E-state index in [-0.39, 0.29) is 18.6 Å². The monoisotopic (exact) mass is 522 g/mol. The van der Waals surface area contributed by atoms with Crippen molar-refractivity contribution in [2.24, 2.45) is 5.10 Å². The van der Waals surface area contributed by atoms with Crippen LogP contribution in [0.1, 0.15) is 24.1 Å². The fraction of sp³-hybridized carbons (Fsp3) is 0.120. The number of anilines is 1. The molecule has 0 aliphatic carbocycles. The van der Waals surface area contributed by atoms with E-state index in [1.807, 2.05) is 37.3 Å². The van der Waals surface area contributed by atoms with Crippen molar-refractivity contribution >= 4 is 45.6 Å². The van der Waals surface area contributed by atoms with Crippen molar-refractivity contribution in [1.82, 2.24) is 10.7 Å². The Morgan fingerprint density at radius 1 is 0.971 bits per heavy atom. The van der Waals surface area contributed by atoms with E-state index in [0.29, 0.717) is 17.0 Å². The highest BCUT2D eigenvalue weighted by molar-refractivity contribution is 9.10. The van der Waals surface area contributed by atoms with Crippen LogP contribution in [-0.2, 0) is 14.4 Å². The molecule has 9 heteroatoms. The average molecular weight is 523 g/mol. The summed E-state index contributed by atoms with van der Waals surface area (Å²) in [6.45, 7) is 1.79. The van der Waals surface area contributed by atoms with E-state index in [0.717, 1.165) is 10.0 Å². The average Bonchev–Trinajstić information content (AvgIpc) is 2.84. The summed E-state index contributed by atoms with van der Waals surface area (Å²) in [5, 5.41) is 9.15. The number of hydrogen-bond acceptors (Lipinski definition) is 5. The third-order valence-corrected chi connectivity index (χ3v) is 5.09. The van der Waals surface area contributed by atoms with Crippen LogP contribution in [0.3, 0.4) is 0 Å². The molecule has 0 heterocycles. The van der Waals surface area contributed by atoms with Crippen LogP contribution in [0.5, 0.6) is 5.75 Å². The molecule has 3 N–H and O–H groups in total. The molecule has 8 nitrogen and oxygen atoms in total. The summed E-state index contributed by atoms with van der Waals surface area (Å²) in [5.74, 6) is -1.45. The van der Waals surface area contributed by atoms with Gasteiger partial charge in [0.05, 0.1) is 12.3 Å². The van der Waals surface area contributed by atoms with Crippen LogP contribution in [0.2, 0.25) is 0 Å². The zero-order chi connectivity index (χ0) is 24.3. The third kappa shape index (κ3) is 7.86. The zero-order valence-electron chi connectivity index (χ0n) is 18.3. The summed E-state index contributed by atoms with van der Waals surface area (Å²) in [4.78, 5) is 35.9. The first-order valence-electron chi connectivity index (χ1n) is 10.4. The van der Waals surface area contributed by atoms with Gasteiger partial charge in [0, 0.05) is 10.2 Å². The number of hydrogen-bond donors (Lipinski definition) is 3. The Hall–Kier alpha value is -3.98. The fourth-order valence-electron chi connectivity index (χ4n) is 2.88. The van der Waals surface area contributed by atoms with Gasteiger partial charge in [0.2, 0.25) is 0 Å². The minimum atomic E-state index is -0.896. The summed E-state index contributed by atoms with van der Waals surface area (Å²) in [7, 11) is 0. The lowest BCUT2D eigenvalue weighted by molar-refractivity contribution is -0.136. The maximum Gasteiger partial charge on any atom is 0.329 e. The molecule has 0 radical (unpaired) electrons. The Bertz CT molecular complexity index is 1170. The summed E-state index contributed by atoms with van der Waals surface area (Å²) >= 11 is 3.29. The van der Waals surface area contributed by atoms with E-state index in [1.54, 1.807) is 48.5 Å². The summed E-state index contributed by atoms with van der Waals surface area (Å²) in [5.41, 5.74) is 4.34. The third-order valence-electron chi connectivity index (χ3n) is 4.60. The van der Waals surface area contributed by atoms with Gasteiger partial charge in [0.25, 0.3) is 5.91 Å². The summed E-state index contributed by atoms with van der Waals surface area (Å²) < 4.78 is 6.29. The van der Waals surface area contributed by atoms with Crippen LogP contribution in [0.15, 0.2) is 88.4 Å². The molecule has 0 saturated heterocycles. The Kier molecular flexibility index (Phi) is 8.93. The van der Waals surface area contributed by atoms with Gasteiger partial charge in [-0.05, 0) is 60.5 Å². The number of hydrazone groups is 1. The van der Waals surface area contributed by atoms with Crippen LogP contribution in [0, 0.1) is 0 Å². The van der Waals surface area contributed by atoms with E-state index in [9.17, 15) is 14.4 Å². The molecular weight excluding hydrogens is 500 g/mol. The smallest absolute Gasteiger partial charge is 0.329 e. The Morgan fingerprint density at radius 2 is 1.71 bits per heavy atom. The highest BCUT2D eigenvalue weighted by Crippen LogP contribution is 2.15. The first kappa shape index (κ1) is 24.7. The maximum absolute atomic E-state index is 12.1. The Labute approximate surface area is 205 Å². The molecule has 0 aliphatic heterocycles. The lowest BCUT2D eigenvalue weighted by atomic mass is 10.1. The lowest BCUT2D eigenvalue weighted by Crippen LogP contribution is -2.32. The van der Waals surface area contributed by atoms with Crippen molar-refractivity contribution in [2.45, 2.75) is 13.0 Å². The number of halogens is 1. The standard InChI is InChI=1S/C25H23BrN4O4/c1-17(19-6-3-2-4-7-19)28-23(31)16-34-22-12-10-18(11-13-22)15-27-30-25(33)24(32)29-21-9-5-8-20(26)14-21/h2-15,17H,16H2,1H3,(H,28,31)(H,29,32)(H,30,33). The van der Waals surface area contributed by atoms with Crippen molar-refractivity contribution in [3.63, 3.8) is 0 Å². The topological polar surface area (TPSA) is 109 Å². The van der Waals surface area contributed by atoms with Gasteiger partial charge in [-0.1, -0.05) is 52.3 Å². The van der Waals surface area contributed by atoms with Crippen LogP contribution in [0.4, 0.5) is 5.69 Å². The van der Waals surface area contributed by atoms with Gasteiger partial charge in [0.15, 0.2) is 6.61 Å². The minimum absolute atomic E-state index is 0.117. The van der Waals surface area contributed by atoms with Gasteiger partial charge in [-0.25, -0.2) is 5.43 Å². The van der Waals surface area contributed by atoms with E-state index in [4.69, 9.17) is 4.74 Å². The van der Waals surface area contributed by atoms with Crippen molar-refractivity contribution in [3.8, 4) is 5.75 Å². The number of amides is 3. The second kappa shape index (κ2) is 12.3. The van der Waals surface area contributed by atoms with E-state index in [1.165, 1.54) is 6.21 Å². The highest BCUT2D eigenvalue weighted by atomic mass is 79.9. The number of nitrogens with zero attached hydrogens (tertiary/aromatic N) is 1. The molecule has 174 valence electrons. The predicted molar refractivity (Wildman–Crippen MR) is 133 cm³/mol. The first-order valence-corrected chi connectivity index (χ1v) is 11.2. The Balaban J connectivity index is 1.41. The summed E-state index contributed by atoms with van der Waals surface area (Å²) in [6.07, 6.45) is 1.39. The van der Waals surface area contributed by atoms with Crippen LogP contribution in [0.25, 0.3) is 0 Å². The molecule has 0 aromatic heterocycles. The molecule has 0 aliphatic rings. The van der Waals surface area contributed by atoms with Crippen LogP contribution >= 0.6 is 15.9 Å². The second-order valence-electron chi connectivity index (χ2n) is 7.22. The van der Waals surface area contributed by atoms with Gasteiger partial charge >= 0.3 is 11.8 Å². The minimum Gasteiger partial charge on any atom is -0.484 e. The molecule has 0 fully saturated rings. The second-order valence-corrected chi connectivity index (χ2v) is 8.14. The molecule has 0 saturated carbocycles. The fourth-order valence-corrected chi connectivity index (χ4v) is 3.28. The zero-order valence-corrected chi connectivity index (χ0v) is 19.9. The van der Waals surface area contributed by atoms with Crippen molar-refractivity contribution in [1.29, 1.82) is 0 Å². The quantitative estimate of drug-likeness (QED) is 0.237. The number of nitrogens with one attached hydrogen (secondary N) is 3. The van der Waals surface area contributed by atoms with Crippen molar-refractivity contribution < 1.29 is 19.1 Å². The van der Waals surface area contributed by atoms with Crippen molar-refractivity contribution in [3.05, 3.63) is 94.5 Å².